The second-order valence-electron chi connectivity index (χ2n) is 5.83. The molecule has 3 rings (SSSR count). The first-order valence-electron chi connectivity index (χ1n) is 8.52. The zero-order valence-corrected chi connectivity index (χ0v) is 16.4. The lowest BCUT2D eigenvalue weighted by molar-refractivity contribution is 0.415. The number of benzene rings is 2. The molecule has 1 aromatic heterocycles. The molecule has 5 heteroatoms. The molecule has 26 heavy (non-hydrogen) atoms. The number of thiocarbonyl (C=S) groups is 1. The van der Waals surface area contributed by atoms with E-state index in [2.05, 4.69) is 52.0 Å². The largest absolute Gasteiger partial charge is 0.497 e. The molecule has 0 saturated heterocycles. The van der Waals surface area contributed by atoms with Crippen LogP contribution in [0.1, 0.15) is 10.4 Å². The summed E-state index contributed by atoms with van der Waals surface area (Å²) in [6.45, 7) is 1.56. The maximum Gasteiger partial charge on any atom is 0.173 e. The second-order valence-corrected chi connectivity index (χ2v) is 7.25. The van der Waals surface area contributed by atoms with Crippen LogP contribution in [0.5, 0.6) is 5.75 Å². The third-order valence-corrected chi connectivity index (χ3v) is 5.28. The summed E-state index contributed by atoms with van der Waals surface area (Å²) in [5.74, 6) is 0.841. The molecule has 3 aromatic rings. The Balaban J connectivity index is 1.68. The first kappa shape index (κ1) is 18.4. The fourth-order valence-electron chi connectivity index (χ4n) is 2.65. The fraction of sp³-hybridized carbons (Fsp3) is 0.190. The quantitative estimate of drug-likeness (QED) is 0.589. The van der Waals surface area contributed by atoms with Crippen LogP contribution in [0, 0.1) is 0 Å². The Morgan fingerprint density at radius 3 is 2.46 bits per heavy atom. The SMILES string of the molecule is COc1ccc(N(Cc2cccs2)C(=S)NCCc2ccccc2)cc1. The minimum Gasteiger partial charge on any atom is -0.497 e. The van der Waals surface area contributed by atoms with Gasteiger partial charge in [0.05, 0.1) is 13.7 Å². The van der Waals surface area contributed by atoms with E-state index in [4.69, 9.17) is 17.0 Å². The highest BCUT2D eigenvalue weighted by Crippen LogP contribution is 2.23. The summed E-state index contributed by atoms with van der Waals surface area (Å²) in [6, 6.07) is 22.6. The zero-order chi connectivity index (χ0) is 18.2. The number of methoxy groups -OCH3 is 1. The minimum absolute atomic E-state index is 0.736. The summed E-state index contributed by atoms with van der Waals surface area (Å²) in [7, 11) is 1.67. The number of anilines is 1. The van der Waals surface area contributed by atoms with E-state index in [-0.39, 0.29) is 0 Å². The molecule has 0 amide bonds. The molecule has 134 valence electrons. The molecule has 0 unspecified atom stereocenters. The van der Waals surface area contributed by atoms with Gasteiger partial charge in [0.2, 0.25) is 0 Å². The van der Waals surface area contributed by atoms with Crippen LogP contribution < -0.4 is 15.0 Å². The molecule has 1 N–H and O–H groups in total. The van der Waals surface area contributed by atoms with Crippen LogP contribution >= 0.6 is 23.6 Å². The van der Waals surface area contributed by atoms with Crippen LogP contribution in [0.2, 0.25) is 0 Å². The van der Waals surface area contributed by atoms with Gasteiger partial charge in [-0.25, -0.2) is 0 Å². The Morgan fingerprint density at radius 1 is 1.04 bits per heavy atom. The molecule has 2 aromatic carbocycles. The predicted molar refractivity (Wildman–Crippen MR) is 114 cm³/mol. The van der Waals surface area contributed by atoms with Gasteiger partial charge in [-0.05, 0) is 59.9 Å². The highest BCUT2D eigenvalue weighted by atomic mass is 32.1. The number of thiophene rings is 1. The lowest BCUT2D eigenvalue weighted by atomic mass is 10.1. The fourth-order valence-corrected chi connectivity index (χ4v) is 3.62. The van der Waals surface area contributed by atoms with Gasteiger partial charge >= 0.3 is 0 Å². The van der Waals surface area contributed by atoms with E-state index in [0.29, 0.717) is 0 Å². The lowest BCUT2D eigenvalue weighted by Crippen LogP contribution is -2.40. The Labute approximate surface area is 164 Å². The van der Waals surface area contributed by atoms with Gasteiger partial charge in [0.15, 0.2) is 5.11 Å². The molecule has 0 atom stereocenters. The molecule has 0 radical (unpaired) electrons. The van der Waals surface area contributed by atoms with Crippen LogP contribution in [0.3, 0.4) is 0 Å². The number of rotatable bonds is 7. The maximum atomic E-state index is 5.70. The topological polar surface area (TPSA) is 24.5 Å². The number of nitrogens with one attached hydrogen (secondary N) is 1. The molecule has 1 heterocycles. The second kappa shape index (κ2) is 9.36. The highest BCUT2D eigenvalue weighted by Gasteiger charge is 2.13. The molecule has 0 spiro atoms. The van der Waals surface area contributed by atoms with Crippen LogP contribution in [-0.4, -0.2) is 18.8 Å². The summed E-state index contributed by atoms with van der Waals surface area (Å²) >= 11 is 7.43. The van der Waals surface area contributed by atoms with Crippen molar-refractivity contribution in [1.82, 2.24) is 5.32 Å². The van der Waals surface area contributed by atoms with Crippen molar-refractivity contribution < 1.29 is 4.74 Å². The van der Waals surface area contributed by atoms with Crippen molar-refractivity contribution in [2.45, 2.75) is 13.0 Å². The van der Waals surface area contributed by atoms with Gasteiger partial charge < -0.3 is 15.0 Å². The maximum absolute atomic E-state index is 5.70. The average molecular weight is 383 g/mol. The summed E-state index contributed by atoms with van der Waals surface area (Å²) < 4.78 is 5.26. The summed E-state index contributed by atoms with van der Waals surface area (Å²) in [6.07, 6.45) is 0.941. The summed E-state index contributed by atoms with van der Waals surface area (Å²) in [5.41, 5.74) is 2.36. The molecule has 0 aliphatic heterocycles. The Hall–Kier alpha value is -2.37. The molecule has 0 aliphatic carbocycles. The molecule has 0 saturated carbocycles. The molecule has 0 bridgehead atoms. The van der Waals surface area contributed by atoms with Crippen molar-refractivity contribution in [3.8, 4) is 5.75 Å². The lowest BCUT2D eigenvalue weighted by Gasteiger charge is -2.26. The number of hydrogen-bond donors (Lipinski definition) is 1. The predicted octanol–water partition coefficient (Wildman–Crippen LogP) is 4.88. The van der Waals surface area contributed by atoms with Gasteiger partial charge in [-0.1, -0.05) is 36.4 Å². The Morgan fingerprint density at radius 2 is 1.81 bits per heavy atom. The van der Waals surface area contributed by atoms with Gasteiger partial charge in [0.25, 0.3) is 0 Å². The van der Waals surface area contributed by atoms with Crippen LogP contribution in [0.15, 0.2) is 72.1 Å². The van der Waals surface area contributed by atoms with E-state index in [0.717, 1.165) is 36.1 Å². The van der Waals surface area contributed by atoms with Crippen molar-refractivity contribution >= 4 is 34.4 Å². The van der Waals surface area contributed by atoms with Crippen LogP contribution in [0.4, 0.5) is 5.69 Å². The third-order valence-electron chi connectivity index (χ3n) is 4.06. The Kier molecular flexibility index (Phi) is 6.63. The molecular weight excluding hydrogens is 360 g/mol. The van der Waals surface area contributed by atoms with E-state index in [1.165, 1.54) is 10.4 Å². The highest BCUT2D eigenvalue weighted by molar-refractivity contribution is 7.80. The van der Waals surface area contributed by atoms with Gasteiger partial charge in [-0.15, -0.1) is 11.3 Å². The molecule has 3 nitrogen and oxygen atoms in total. The van der Waals surface area contributed by atoms with E-state index in [1.54, 1.807) is 18.4 Å². The van der Waals surface area contributed by atoms with Gasteiger partial charge in [-0.2, -0.15) is 0 Å². The van der Waals surface area contributed by atoms with E-state index in [9.17, 15) is 0 Å². The molecular formula is C21H22N2OS2. The van der Waals surface area contributed by atoms with E-state index < -0.39 is 0 Å². The van der Waals surface area contributed by atoms with Gasteiger partial charge in [0.1, 0.15) is 5.75 Å². The molecule has 0 fully saturated rings. The Bertz CT molecular complexity index is 802. The first-order valence-corrected chi connectivity index (χ1v) is 9.81. The van der Waals surface area contributed by atoms with E-state index >= 15 is 0 Å². The van der Waals surface area contributed by atoms with Gasteiger partial charge in [0, 0.05) is 17.1 Å². The minimum atomic E-state index is 0.736. The zero-order valence-electron chi connectivity index (χ0n) is 14.7. The standard InChI is InChI=1S/C21H22N2OS2/c1-24-19-11-9-18(10-12-19)23(16-20-8-5-15-26-20)21(25)22-14-13-17-6-3-2-4-7-17/h2-12,15H,13-14,16H2,1H3,(H,22,25). The van der Waals surface area contributed by atoms with Crippen molar-refractivity contribution in [3.63, 3.8) is 0 Å². The normalized spacial score (nSPS) is 10.3. The average Bonchev–Trinajstić information content (AvgIpc) is 3.20. The van der Waals surface area contributed by atoms with Crippen molar-refractivity contribution in [2.75, 3.05) is 18.6 Å². The summed E-state index contributed by atoms with van der Waals surface area (Å²) in [5, 5.41) is 6.23. The summed E-state index contributed by atoms with van der Waals surface area (Å²) in [4.78, 5) is 3.40. The van der Waals surface area contributed by atoms with Crippen molar-refractivity contribution in [2.24, 2.45) is 0 Å². The third kappa shape index (κ3) is 5.07. The van der Waals surface area contributed by atoms with Crippen LogP contribution in [-0.2, 0) is 13.0 Å². The molecule has 0 aliphatic rings. The van der Waals surface area contributed by atoms with Crippen LogP contribution in [0.25, 0.3) is 0 Å². The first-order chi connectivity index (χ1) is 12.8. The number of hydrogen-bond acceptors (Lipinski definition) is 3. The van der Waals surface area contributed by atoms with Crippen molar-refractivity contribution in [1.29, 1.82) is 0 Å². The number of nitrogens with zero attached hydrogens (tertiary/aromatic N) is 1. The van der Waals surface area contributed by atoms with Gasteiger partial charge in [-0.3, -0.25) is 0 Å². The van der Waals surface area contributed by atoms with Crippen molar-refractivity contribution in [3.05, 3.63) is 82.6 Å². The number of ether oxygens (including phenoxy) is 1. The monoisotopic (exact) mass is 382 g/mol. The van der Waals surface area contributed by atoms with E-state index in [1.807, 2.05) is 30.3 Å². The smallest absolute Gasteiger partial charge is 0.173 e.